The molecular weight excluding hydrogens is 303 g/mol. The number of alkyl halides is 1. The molecule has 1 amide bonds. The van der Waals surface area contributed by atoms with Gasteiger partial charge in [-0.25, -0.2) is 14.0 Å². The maximum atomic E-state index is 13.3. The van der Waals surface area contributed by atoms with E-state index in [0.717, 1.165) is 5.56 Å². The Kier molecular flexibility index (Phi) is 7.87. The first kappa shape index (κ1) is 18.7. The molecule has 1 aromatic rings. The fourth-order valence-corrected chi connectivity index (χ4v) is 1.90. The van der Waals surface area contributed by atoms with Gasteiger partial charge < -0.3 is 20.5 Å². The van der Waals surface area contributed by atoms with Crippen LogP contribution in [0.4, 0.5) is 14.9 Å². The Labute approximate surface area is 135 Å². The number of halogens is 1. The smallest absolute Gasteiger partial charge is 0.410 e. The van der Waals surface area contributed by atoms with E-state index >= 15 is 0 Å². The fourth-order valence-electron chi connectivity index (χ4n) is 1.90. The summed E-state index contributed by atoms with van der Waals surface area (Å²) in [7, 11) is 0. The zero-order valence-electron chi connectivity index (χ0n) is 13.4. The topological polar surface area (TPSA) is 90.6 Å². The lowest BCUT2D eigenvalue weighted by atomic mass is 10.1. The molecule has 1 aromatic carbocycles. The summed E-state index contributed by atoms with van der Waals surface area (Å²) in [6, 6.07) is 5.90. The molecule has 0 bridgehead atoms. The lowest BCUT2D eigenvalue weighted by Gasteiger charge is -2.18. The van der Waals surface area contributed by atoms with Crippen molar-refractivity contribution in [2.75, 3.05) is 12.3 Å². The number of alkyl carbamates (subject to hydrolysis) is 1. The molecule has 2 unspecified atom stereocenters. The molecule has 0 saturated heterocycles. The van der Waals surface area contributed by atoms with Crippen LogP contribution in [0.25, 0.3) is 0 Å². The highest BCUT2D eigenvalue weighted by Crippen LogP contribution is 2.10. The highest BCUT2D eigenvalue weighted by molar-refractivity contribution is 5.81. The quantitative estimate of drug-likeness (QED) is 0.566. The van der Waals surface area contributed by atoms with Crippen LogP contribution in [-0.2, 0) is 20.7 Å². The second-order valence-corrected chi connectivity index (χ2v) is 5.00. The molecule has 0 radical (unpaired) electrons. The van der Waals surface area contributed by atoms with Crippen LogP contribution >= 0.6 is 0 Å². The Hall–Kier alpha value is -2.31. The number of anilines is 1. The number of nitrogen functional groups attached to an aromatic ring is 1. The second kappa shape index (κ2) is 9.66. The number of nitrogens with two attached hydrogens (primary N) is 1. The van der Waals surface area contributed by atoms with Crippen molar-refractivity contribution >= 4 is 17.7 Å². The third-order valence-corrected chi connectivity index (χ3v) is 3.03. The number of carbonyl (C=O) groups is 2. The van der Waals surface area contributed by atoms with Crippen molar-refractivity contribution < 1.29 is 23.5 Å². The number of ether oxygens (including phenoxy) is 2. The van der Waals surface area contributed by atoms with Crippen molar-refractivity contribution in [3.05, 3.63) is 29.8 Å². The Bertz CT molecular complexity index is 507. The lowest BCUT2D eigenvalue weighted by molar-refractivity contribution is -0.145. The predicted molar refractivity (Wildman–Crippen MR) is 84.4 cm³/mol. The first-order valence-corrected chi connectivity index (χ1v) is 7.58. The number of amides is 1. The average molecular weight is 326 g/mol. The van der Waals surface area contributed by atoms with Gasteiger partial charge in [0.1, 0.15) is 6.04 Å². The fraction of sp³-hybridized carbons (Fsp3) is 0.500. The van der Waals surface area contributed by atoms with E-state index in [-0.39, 0.29) is 19.4 Å². The maximum absolute atomic E-state index is 13.3. The van der Waals surface area contributed by atoms with Crippen LogP contribution in [0.1, 0.15) is 32.3 Å². The summed E-state index contributed by atoms with van der Waals surface area (Å²) < 4.78 is 22.8. The highest BCUT2D eigenvalue weighted by atomic mass is 19.1. The Balaban J connectivity index is 2.70. The first-order valence-electron chi connectivity index (χ1n) is 7.58. The van der Waals surface area contributed by atoms with Gasteiger partial charge in [0.2, 0.25) is 6.36 Å². The van der Waals surface area contributed by atoms with E-state index in [9.17, 15) is 14.0 Å². The lowest BCUT2D eigenvalue weighted by Crippen LogP contribution is -2.44. The van der Waals surface area contributed by atoms with Crippen LogP contribution in [0.15, 0.2) is 24.3 Å². The molecule has 0 aromatic heterocycles. The van der Waals surface area contributed by atoms with Crippen LogP contribution in [-0.4, -0.2) is 31.1 Å². The van der Waals surface area contributed by atoms with E-state index < -0.39 is 24.5 Å². The van der Waals surface area contributed by atoms with Gasteiger partial charge in [0.25, 0.3) is 0 Å². The molecule has 2 atom stereocenters. The molecule has 3 N–H and O–H groups in total. The summed E-state index contributed by atoms with van der Waals surface area (Å²) >= 11 is 0. The number of benzene rings is 1. The zero-order valence-corrected chi connectivity index (χ0v) is 13.4. The van der Waals surface area contributed by atoms with Crippen molar-refractivity contribution in [2.24, 2.45) is 0 Å². The first-order chi connectivity index (χ1) is 11.0. The van der Waals surface area contributed by atoms with Crippen LogP contribution in [0, 0.1) is 0 Å². The third-order valence-electron chi connectivity index (χ3n) is 3.03. The van der Waals surface area contributed by atoms with Crippen LogP contribution < -0.4 is 11.1 Å². The molecule has 6 nitrogen and oxygen atoms in total. The van der Waals surface area contributed by atoms with Gasteiger partial charge >= 0.3 is 12.1 Å². The molecular formula is C16H23FN2O4. The summed E-state index contributed by atoms with van der Waals surface area (Å²) in [6.07, 6.45) is -1.84. The van der Waals surface area contributed by atoms with Gasteiger partial charge in [0.05, 0.1) is 6.61 Å². The second-order valence-electron chi connectivity index (χ2n) is 5.00. The van der Waals surface area contributed by atoms with E-state index in [0.29, 0.717) is 12.1 Å². The number of carbonyl (C=O) groups excluding carboxylic acids is 2. The normalized spacial score (nSPS) is 13.0. The van der Waals surface area contributed by atoms with Gasteiger partial charge in [-0.2, -0.15) is 0 Å². The Morgan fingerprint density at radius 2 is 1.91 bits per heavy atom. The molecule has 0 aliphatic rings. The molecule has 0 heterocycles. The van der Waals surface area contributed by atoms with Gasteiger partial charge in [0.15, 0.2) is 0 Å². The molecule has 128 valence electrons. The standard InChI is InChI=1S/C16H23FN2O4/c1-3-5-14(17)23-16(21)19-13(15(20)22-4-2)10-11-6-8-12(18)9-7-11/h6-9,13-14H,3-5,10,18H2,1-2H3,(H,19,21). The summed E-state index contributed by atoms with van der Waals surface area (Å²) in [5.74, 6) is -0.604. The molecule has 0 spiro atoms. The molecule has 0 fully saturated rings. The number of rotatable bonds is 8. The van der Waals surface area contributed by atoms with Crippen LogP contribution in [0.5, 0.6) is 0 Å². The van der Waals surface area contributed by atoms with E-state index in [1.807, 2.05) is 0 Å². The van der Waals surface area contributed by atoms with Gasteiger partial charge in [-0.1, -0.05) is 19.1 Å². The van der Waals surface area contributed by atoms with Crippen LogP contribution in [0.3, 0.4) is 0 Å². The summed E-state index contributed by atoms with van der Waals surface area (Å²) in [5, 5.41) is 2.35. The van der Waals surface area contributed by atoms with Crippen molar-refractivity contribution in [3.8, 4) is 0 Å². The minimum atomic E-state index is -1.70. The van der Waals surface area contributed by atoms with Crippen molar-refractivity contribution in [1.82, 2.24) is 5.32 Å². The van der Waals surface area contributed by atoms with Gasteiger partial charge in [-0.05, 0) is 31.0 Å². The summed E-state index contributed by atoms with van der Waals surface area (Å²) in [5.41, 5.74) is 6.98. The number of esters is 1. The predicted octanol–water partition coefficient (Wildman–Crippen LogP) is 2.56. The van der Waals surface area contributed by atoms with Gasteiger partial charge in [-0.15, -0.1) is 0 Å². The summed E-state index contributed by atoms with van der Waals surface area (Å²) in [4.78, 5) is 23.6. The molecule has 0 aliphatic heterocycles. The molecule has 23 heavy (non-hydrogen) atoms. The molecule has 1 rings (SSSR count). The molecule has 0 aliphatic carbocycles. The Morgan fingerprint density at radius 1 is 1.26 bits per heavy atom. The highest BCUT2D eigenvalue weighted by Gasteiger charge is 2.24. The van der Waals surface area contributed by atoms with Crippen molar-refractivity contribution in [1.29, 1.82) is 0 Å². The zero-order chi connectivity index (χ0) is 17.2. The van der Waals surface area contributed by atoms with Crippen molar-refractivity contribution in [2.45, 2.75) is 45.5 Å². The summed E-state index contributed by atoms with van der Waals surface area (Å²) in [6.45, 7) is 3.61. The number of nitrogens with one attached hydrogen (secondary N) is 1. The maximum Gasteiger partial charge on any atom is 0.410 e. The van der Waals surface area contributed by atoms with E-state index in [1.165, 1.54) is 0 Å². The molecule has 0 saturated carbocycles. The van der Waals surface area contributed by atoms with Crippen LogP contribution in [0.2, 0.25) is 0 Å². The van der Waals surface area contributed by atoms with E-state index in [2.05, 4.69) is 10.1 Å². The molecule has 7 heteroatoms. The number of hydrogen-bond donors (Lipinski definition) is 2. The third kappa shape index (κ3) is 6.99. The van der Waals surface area contributed by atoms with Gasteiger partial charge in [0, 0.05) is 18.5 Å². The number of hydrogen-bond acceptors (Lipinski definition) is 5. The average Bonchev–Trinajstić information content (AvgIpc) is 2.49. The van der Waals surface area contributed by atoms with E-state index in [4.69, 9.17) is 10.5 Å². The minimum Gasteiger partial charge on any atom is -0.464 e. The van der Waals surface area contributed by atoms with Crippen molar-refractivity contribution in [3.63, 3.8) is 0 Å². The monoisotopic (exact) mass is 326 g/mol. The van der Waals surface area contributed by atoms with Gasteiger partial charge in [-0.3, -0.25) is 0 Å². The largest absolute Gasteiger partial charge is 0.464 e. The Morgan fingerprint density at radius 3 is 2.48 bits per heavy atom. The minimum absolute atomic E-state index is 0.107. The SMILES string of the molecule is CCCC(F)OC(=O)NC(Cc1ccc(N)cc1)C(=O)OCC. The van der Waals surface area contributed by atoms with E-state index in [1.54, 1.807) is 38.1 Å².